The Balaban J connectivity index is 2.04. The van der Waals surface area contributed by atoms with E-state index in [1.165, 1.54) is 12.1 Å². The molecule has 0 aliphatic heterocycles. The van der Waals surface area contributed by atoms with Gasteiger partial charge in [0.05, 0.1) is 17.2 Å². The molecule has 0 N–H and O–H groups in total. The Kier molecular flexibility index (Phi) is 8.58. The van der Waals surface area contributed by atoms with Crippen molar-refractivity contribution in [2.75, 3.05) is 19.8 Å². The van der Waals surface area contributed by atoms with E-state index in [0.717, 1.165) is 12.8 Å². The lowest BCUT2D eigenvalue weighted by atomic mass is 10.2. The number of unbranched alkanes of at least 4 members (excludes halogenated alkanes) is 1. The van der Waals surface area contributed by atoms with Gasteiger partial charge in [0.15, 0.2) is 0 Å². The van der Waals surface area contributed by atoms with Crippen molar-refractivity contribution in [1.29, 1.82) is 0 Å². The zero-order chi connectivity index (χ0) is 15.3. The van der Waals surface area contributed by atoms with Crippen molar-refractivity contribution in [2.45, 2.75) is 19.8 Å². The Morgan fingerprint density at radius 2 is 1.76 bits per heavy atom. The first-order valence-corrected chi connectivity index (χ1v) is 6.59. The van der Waals surface area contributed by atoms with Crippen LogP contribution in [0.15, 0.2) is 30.3 Å². The highest BCUT2D eigenvalue weighted by Gasteiger charge is 2.11. The summed E-state index contributed by atoms with van der Waals surface area (Å²) in [5.74, 6) is -0.786. The molecule has 0 radical (unpaired) electrons. The molecule has 1 aromatic carbocycles. The van der Waals surface area contributed by atoms with E-state index in [9.17, 15) is 9.59 Å². The molecule has 7 nitrogen and oxygen atoms in total. The molecule has 0 aliphatic rings. The van der Waals surface area contributed by atoms with Crippen LogP contribution in [0.5, 0.6) is 0 Å². The zero-order valence-corrected chi connectivity index (χ0v) is 11.8. The summed E-state index contributed by atoms with van der Waals surface area (Å²) in [6.07, 6.45) is 0.863. The highest BCUT2D eigenvalue weighted by molar-refractivity contribution is 5.88. The maximum atomic E-state index is 11.4. The first-order chi connectivity index (χ1) is 10.2. The molecule has 0 saturated heterocycles. The number of hydrogen-bond donors (Lipinski definition) is 0. The summed E-state index contributed by atoms with van der Waals surface area (Å²) in [5, 5.41) is 4.04. The molecule has 0 aliphatic carbocycles. The van der Waals surface area contributed by atoms with Crippen LogP contribution in [0.25, 0.3) is 0 Å². The molecule has 1 aromatic rings. The quantitative estimate of drug-likeness (QED) is 0.300. The molecule has 0 fully saturated rings. The molecule has 21 heavy (non-hydrogen) atoms. The molecule has 0 spiro atoms. The van der Waals surface area contributed by atoms with Gasteiger partial charge in [-0.25, -0.2) is 14.5 Å². The number of carbonyl (C=O) groups excluding carboxylic acids is 2. The molecular weight excluding hydrogens is 280 g/mol. The average molecular weight is 298 g/mol. The summed E-state index contributed by atoms with van der Waals surface area (Å²) in [4.78, 5) is 30.8. The Labute approximate surface area is 122 Å². The van der Waals surface area contributed by atoms with Crippen LogP contribution >= 0.6 is 0 Å². The van der Waals surface area contributed by atoms with E-state index < -0.39 is 12.1 Å². The van der Waals surface area contributed by atoms with E-state index in [2.05, 4.69) is 19.6 Å². The fourth-order valence-corrected chi connectivity index (χ4v) is 1.25. The second-order valence-electron chi connectivity index (χ2n) is 3.95. The van der Waals surface area contributed by atoms with E-state index in [0.29, 0.717) is 6.61 Å². The zero-order valence-electron chi connectivity index (χ0n) is 11.8. The SMILES string of the molecule is CCCCOCCOC(=O)OOOC(=O)c1ccccc1. The summed E-state index contributed by atoms with van der Waals surface area (Å²) in [7, 11) is 0. The summed E-state index contributed by atoms with van der Waals surface area (Å²) in [6.45, 7) is 2.95. The van der Waals surface area contributed by atoms with Crippen LogP contribution in [-0.2, 0) is 24.3 Å². The third kappa shape index (κ3) is 7.91. The van der Waals surface area contributed by atoms with Gasteiger partial charge in [-0.05, 0) is 18.6 Å². The minimum absolute atomic E-state index is 0.0263. The van der Waals surface area contributed by atoms with Crippen molar-refractivity contribution in [3.63, 3.8) is 0 Å². The lowest BCUT2D eigenvalue weighted by Crippen LogP contribution is -2.14. The highest BCUT2D eigenvalue weighted by Crippen LogP contribution is 2.01. The topological polar surface area (TPSA) is 80.3 Å². The third-order valence-electron chi connectivity index (χ3n) is 2.31. The fourth-order valence-electron chi connectivity index (χ4n) is 1.25. The average Bonchev–Trinajstić information content (AvgIpc) is 2.51. The Bertz CT molecular complexity index is 419. The predicted octanol–water partition coefficient (Wildman–Crippen LogP) is 2.66. The summed E-state index contributed by atoms with van der Waals surface area (Å²) < 4.78 is 9.77. The molecule has 1 rings (SSSR count). The highest BCUT2D eigenvalue weighted by atomic mass is 17.5. The van der Waals surface area contributed by atoms with E-state index in [4.69, 9.17) is 4.74 Å². The first kappa shape index (κ1) is 16.9. The molecule has 0 saturated carbocycles. The smallest absolute Gasteiger partial charge is 0.430 e. The van der Waals surface area contributed by atoms with Crippen LogP contribution in [0.1, 0.15) is 30.1 Å². The molecule has 0 atom stereocenters. The van der Waals surface area contributed by atoms with Crippen molar-refractivity contribution in [1.82, 2.24) is 0 Å². The second kappa shape index (κ2) is 10.6. The van der Waals surface area contributed by atoms with Crippen LogP contribution in [0.2, 0.25) is 0 Å². The number of benzene rings is 1. The van der Waals surface area contributed by atoms with Crippen LogP contribution < -0.4 is 0 Å². The van der Waals surface area contributed by atoms with Gasteiger partial charge in [0, 0.05) is 6.61 Å². The van der Waals surface area contributed by atoms with E-state index in [-0.39, 0.29) is 18.8 Å². The van der Waals surface area contributed by atoms with Crippen LogP contribution in [0.4, 0.5) is 4.79 Å². The van der Waals surface area contributed by atoms with Crippen LogP contribution in [0.3, 0.4) is 0 Å². The predicted molar refractivity (Wildman–Crippen MR) is 71.1 cm³/mol. The summed E-state index contributed by atoms with van der Waals surface area (Å²) in [5.41, 5.74) is 0.263. The van der Waals surface area contributed by atoms with Gasteiger partial charge in [0.1, 0.15) is 6.61 Å². The van der Waals surface area contributed by atoms with Gasteiger partial charge in [-0.15, -0.1) is 0 Å². The van der Waals surface area contributed by atoms with Gasteiger partial charge in [-0.3, -0.25) is 4.89 Å². The largest absolute Gasteiger partial charge is 0.543 e. The van der Waals surface area contributed by atoms with Gasteiger partial charge in [0.25, 0.3) is 0 Å². The summed E-state index contributed by atoms with van der Waals surface area (Å²) in [6, 6.07) is 8.11. The van der Waals surface area contributed by atoms with Crippen molar-refractivity contribution < 1.29 is 33.9 Å². The Hall–Kier alpha value is -2.12. The second-order valence-corrected chi connectivity index (χ2v) is 3.95. The van der Waals surface area contributed by atoms with Crippen molar-refractivity contribution in [3.8, 4) is 0 Å². The Morgan fingerprint density at radius 3 is 2.48 bits per heavy atom. The molecule has 0 bridgehead atoms. The minimum atomic E-state index is -1.12. The molecule has 0 aromatic heterocycles. The van der Waals surface area contributed by atoms with Crippen LogP contribution in [-0.4, -0.2) is 31.9 Å². The van der Waals surface area contributed by atoms with E-state index >= 15 is 0 Å². The number of rotatable bonds is 9. The number of hydrogen-bond acceptors (Lipinski definition) is 7. The van der Waals surface area contributed by atoms with Crippen molar-refractivity contribution in [2.24, 2.45) is 0 Å². The van der Waals surface area contributed by atoms with Gasteiger partial charge >= 0.3 is 12.1 Å². The molecular formula is C14H18O7. The third-order valence-corrected chi connectivity index (χ3v) is 2.31. The maximum absolute atomic E-state index is 11.4. The monoisotopic (exact) mass is 298 g/mol. The standard InChI is InChI=1S/C14H18O7/c1-2-3-9-17-10-11-18-14(16)20-21-19-13(15)12-7-5-4-6-8-12/h4-8H,2-3,9-11H2,1H3. The summed E-state index contributed by atoms with van der Waals surface area (Å²) >= 11 is 0. The fraction of sp³-hybridized carbons (Fsp3) is 0.429. The first-order valence-electron chi connectivity index (χ1n) is 6.59. The molecule has 0 unspecified atom stereocenters. The van der Waals surface area contributed by atoms with Crippen molar-refractivity contribution >= 4 is 12.1 Å². The number of ether oxygens (including phenoxy) is 2. The number of carbonyl (C=O) groups is 2. The normalized spacial score (nSPS) is 9.95. The van der Waals surface area contributed by atoms with E-state index in [1.807, 2.05) is 6.92 Å². The molecule has 116 valence electrons. The Morgan fingerprint density at radius 1 is 1.00 bits per heavy atom. The van der Waals surface area contributed by atoms with Crippen molar-refractivity contribution in [3.05, 3.63) is 35.9 Å². The molecule has 0 heterocycles. The minimum Gasteiger partial charge on any atom is -0.430 e. The lowest BCUT2D eigenvalue weighted by molar-refractivity contribution is -0.452. The molecule has 7 heteroatoms. The lowest BCUT2D eigenvalue weighted by Gasteiger charge is -2.05. The van der Waals surface area contributed by atoms with E-state index in [1.54, 1.807) is 18.2 Å². The maximum Gasteiger partial charge on any atom is 0.543 e. The molecule has 0 amide bonds. The van der Waals surface area contributed by atoms with Gasteiger partial charge in [-0.1, -0.05) is 31.5 Å². The van der Waals surface area contributed by atoms with Crippen LogP contribution in [0, 0.1) is 0 Å². The van der Waals surface area contributed by atoms with Gasteiger partial charge in [-0.2, -0.15) is 0 Å². The van der Waals surface area contributed by atoms with Gasteiger partial charge < -0.3 is 9.47 Å². The van der Waals surface area contributed by atoms with Gasteiger partial charge in [0.2, 0.25) is 0 Å².